The molecule has 0 saturated carbocycles. The fourth-order valence-corrected chi connectivity index (χ4v) is 2.56. The van der Waals surface area contributed by atoms with Crippen LogP contribution < -0.4 is 21.3 Å². The molecule has 1 aliphatic heterocycles. The lowest BCUT2D eigenvalue weighted by atomic mass is 10.1. The van der Waals surface area contributed by atoms with E-state index in [2.05, 4.69) is 10.6 Å². The Bertz CT molecular complexity index is 739. The van der Waals surface area contributed by atoms with E-state index in [0.717, 1.165) is 17.0 Å². The number of nitrogens with zero attached hydrogens (tertiary/aromatic N) is 1. The maximum Gasteiger partial charge on any atom is 0.418 e. The van der Waals surface area contributed by atoms with Gasteiger partial charge in [0.05, 0.1) is 17.9 Å². The highest BCUT2D eigenvalue weighted by atomic mass is 19.4. The number of ether oxygens (including phenoxy) is 1. The molecule has 0 bridgehead atoms. The lowest BCUT2D eigenvalue weighted by Gasteiger charge is -2.29. The monoisotopic (exact) mass is 388 g/mol. The average molecular weight is 388 g/mol. The summed E-state index contributed by atoms with van der Waals surface area (Å²) in [7, 11) is 0. The molecular formula is C16H19F3N4O4. The van der Waals surface area contributed by atoms with Gasteiger partial charge in [-0.05, 0) is 18.2 Å². The fraction of sp³-hybridized carbons (Fsp3) is 0.438. The number of carbonyl (C=O) groups is 3. The molecule has 2 rings (SSSR count). The third kappa shape index (κ3) is 5.17. The number of anilines is 2. The van der Waals surface area contributed by atoms with E-state index in [1.165, 1.54) is 13.0 Å². The Morgan fingerprint density at radius 2 is 2.07 bits per heavy atom. The van der Waals surface area contributed by atoms with Crippen molar-refractivity contribution in [1.82, 2.24) is 5.32 Å². The third-order valence-corrected chi connectivity index (χ3v) is 3.78. The SMILES string of the molecule is CC(=O)N[C@@H](CN)C(=O)Nc1ccc(N2CCOCC2=O)c(C(F)(F)F)c1. The minimum atomic E-state index is -4.75. The molecule has 0 unspecified atom stereocenters. The molecule has 148 valence electrons. The quantitative estimate of drug-likeness (QED) is 0.679. The van der Waals surface area contributed by atoms with Gasteiger partial charge in [0, 0.05) is 25.7 Å². The van der Waals surface area contributed by atoms with Gasteiger partial charge >= 0.3 is 6.18 Å². The highest BCUT2D eigenvalue weighted by Crippen LogP contribution is 2.38. The molecule has 0 aromatic heterocycles. The Morgan fingerprint density at radius 1 is 1.37 bits per heavy atom. The lowest BCUT2D eigenvalue weighted by molar-refractivity contribution is -0.137. The summed E-state index contributed by atoms with van der Waals surface area (Å²) < 4.78 is 45.4. The molecule has 4 N–H and O–H groups in total. The predicted octanol–water partition coefficient (Wildman–Crippen LogP) is 0.470. The first kappa shape index (κ1) is 20.6. The van der Waals surface area contributed by atoms with Crippen LogP contribution in [0.3, 0.4) is 0 Å². The standard InChI is InChI=1S/C16H19F3N4O4/c1-9(24)21-12(7-20)15(26)22-10-2-3-13(11(6-10)16(17,18)19)23-4-5-27-8-14(23)25/h2-3,6,12H,4-5,7-8,20H2,1H3,(H,21,24)(H,22,26)/t12-/m0/s1. The Hall–Kier alpha value is -2.66. The number of hydrogen-bond acceptors (Lipinski definition) is 5. The molecule has 1 aromatic carbocycles. The average Bonchev–Trinajstić information content (AvgIpc) is 2.59. The Labute approximate surface area is 152 Å². The van der Waals surface area contributed by atoms with Crippen molar-refractivity contribution in [3.8, 4) is 0 Å². The van der Waals surface area contributed by atoms with E-state index < -0.39 is 35.5 Å². The molecule has 1 heterocycles. The van der Waals surface area contributed by atoms with Crippen molar-refractivity contribution < 1.29 is 32.3 Å². The summed E-state index contributed by atoms with van der Waals surface area (Å²) in [5.74, 6) is -1.84. The molecule has 1 saturated heterocycles. The molecule has 11 heteroatoms. The summed E-state index contributed by atoms with van der Waals surface area (Å²) in [5.41, 5.74) is 3.88. The van der Waals surface area contributed by atoms with Crippen LogP contribution >= 0.6 is 0 Å². The molecule has 3 amide bonds. The van der Waals surface area contributed by atoms with Crippen molar-refractivity contribution >= 4 is 29.1 Å². The summed E-state index contributed by atoms with van der Waals surface area (Å²) in [6.45, 7) is 0.774. The minimum Gasteiger partial charge on any atom is -0.370 e. The van der Waals surface area contributed by atoms with Crippen LogP contribution in [-0.2, 0) is 25.3 Å². The molecule has 1 fully saturated rings. The Morgan fingerprint density at radius 3 is 2.63 bits per heavy atom. The first-order valence-electron chi connectivity index (χ1n) is 8.01. The number of morpholine rings is 1. The zero-order chi connectivity index (χ0) is 20.2. The number of alkyl halides is 3. The smallest absolute Gasteiger partial charge is 0.370 e. The third-order valence-electron chi connectivity index (χ3n) is 3.78. The lowest BCUT2D eigenvalue weighted by Crippen LogP contribution is -2.47. The van der Waals surface area contributed by atoms with E-state index in [1.807, 2.05) is 0 Å². The second-order valence-electron chi connectivity index (χ2n) is 5.81. The van der Waals surface area contributed by atoms with Crippen LogP contribution in [0.5, 0.6) is 0 Å². The first-order chi connectivity index (χ1) is 12.6. The van der Waals surface area contributed by atoms with E-state index >= 15 is 0 Å². The zero-order valence-electron chi connectivity index (χ0n) is 14.4. The highest BCUT2D eigenvalue weighted by molar-refractivity contribution is 5.99. The van der Waals surface area contributed by atoms with Crippen molar-refractivity contribution in [3.05, 3.63) is 23.8 Å². The number of rotatable bonds is 5. The summed E-state index contributed by atoms with van der Waals surface area (Å²) >= 11 is 0. The van der Waals surface area contributed by atoms with Gasteiger partial charge in [-0.15, -0.1) is 0 Å². The van der Waals surface area contributed by atoms with Gasteiger partial charge < -0.3 is 26.0 Å². The zero-order valence-corrected chi connectivity index (χ0v) is 14.4. The maximum absolute atomic E-state index is 13.5. The Balaban J connectivity index is 2.31. The number of carbonyl (C=O) groups excluding carboxylic acids is 3. The van der Waals surface area contributed by atoms with Gasteiger partial charge in [-0.2, -0.15) is 13.2 Å². The topological polar surface area (TPSA) is 114 Å². The van der Waals surface area contributed by atoms with Gasteiger partial charge in [0.1, 0.15) is 12.6 Å². The van der Waals surface area contributed by atoms with Crippen molar-refractivity contribution in [2.45, 2.75) is 19.1 Å². The van der Waals surface area contributed by atoms with E-state index in [4.69, 9.17) is 10.5 Å². The second-order valence-corrected chi connectivity index (χ2v) is 5.81. The number of nitrogens with two attached hydrogens (primary N) is 1. The van der Waals surface area contributed by atoms with Crippen LogP contribution in [-0.4, -0.2) is 50.1 Å². The second kappa shape index (κ2) is 8.35. The fourth-order valence-electron chi connectivity index (χ4n) is 2.56. The van der Waals surface area contributed by atoms with Crippen molar-refractivity contribution in [2.24, 2.45) is 5.73 Å². The number of nitrogens with one attached hydrogen (secondary N) is 2. The molecule has 8 nitrogen and oxygen atoms in total. The van der Waals surface area contributed by atoms with Gasteiger partial charge in [-0.3, -0.25) is 14.4 Å². The van der Waals surface area contributed by atoms with Crippen LogP contribution in [0, 0.1) is 0 Å². The molecule has 0 spiro atoms. The van der Waals surface area contributed by atoms with E-state index in [-0.39, 0.29) is 37.7 Å². The highest BCUT2D eigenvalue weighted by Gasteiger charge is 2.37. The normalized spacial score (nSPS) is 16.0. The first-order valence-corrected chi connectivity index (χ1v) is 8.01. The summed E-state index contributed by atoms with van der Waals surface area (Å²) in [6, 6.07) is 2.00. The van der Waals surface area contributed by atoms with Gasteiger partial charge in [0.2, 0.25) is 11.8 Å². The van der Waals surface area contributed by atoms with E-state index in [9.17, 15) is 27.6 Å². The molecule has 0 aliphatic carbocycles. The number of hydrogen-bond donors (Lipinski definition) is 3. The molecule has 1 aromatic rings. The minimum absolute atomic E-state index is 0.00853. The van der Waals surface area contributed by atoms with Crippen molar-refractivity contribution in [2.75, 3.05) is 36.5 Å². The molecular weight excluding hydrogens is 369 g/mol. The van der Waals surface area contributed by atoms with Crippen LogP contribution in [0.4, 0.5) is 24.5 Å². The van der Waals surface area contributed by atoms with Crippen LogP contribution in [0.2, 0.25) is 0 Å². The Kier molecular flexibility index (Phi) is 6.39. The van der Waals surface area contributed by atoms with Gasteiger partial charge in [-0.25, -0.2) is 0 Å². The molecule has 1 atom stereocenters. The number of benzene rings is 1. The molecule has 0 radical (unpaired) electrons. The van der Waals surface area contributed by atoms with Gasteiger partial charge in [-0.1, -0.05) is 0 Å². The number of amides is 3. The molecule has 1 aliphatic rings. The van der Waals surface area contributed by atoms with Crippen LogP contribution in [0.25, 0.3) is 0 Å². The van der Waals surface area contributed by atoms with Crippen molar-refractivity contribution in [1.29, 1.82) is 0 Å². The van der Waals surface area contributed by atoms with Crippen molar-refractivity contribution in [3.63, 3.8) is 0 Å². The summed E-state index contributed by atoms with van der Waals surface area (Å²) in [5, 5.41) is 4.59. The summed E-state index contributed by atoms with van der Waals surface area (Å²) in [4.78, 5) is 36.0. The largest absolute Gasteiger partial charge is 0.418 e. The predicted molar refractivity (Wildman–Crippen MR) is 89.9 cm³/mol. The summed E-state index contributed by atoms with van der Waals surface area (Å²) in [6.07, 6.45) is -4.75. The van der Waals surface area contributed by atoms with Crippen LogP contribution in [0.15, 0.2) is 18.2 Å². The van der Waals surface area contributed by atoms with Gasteiger partial charge in [0.15, 0.2) is 0 Å². The number of halogens is 3. The van der Waals surface area contributed by atoms with Crippen LogP contribution in [0.1, 0.15) is 12.5 Å². The van der Waals surface area contributed by atoms with E-state index in [0.29, 0.717) is 0 Å². The maximum atomic E-state index is 13.5. The molecule has 27 heavy (non-hydrogen) atoms. The van der Waals surface area contributed by atoms with E-state index in [1.54, 1.807) is 0 Å². The van der Waals surface area contributed by atoms with Gasteiger partial charge in [0.25, 0.3) is 5.91 Å².